The van der Waals surface area contributed by atoms with E-state index in [1.54, 1.807) is 22.3 Å². The molecule has 3 aromatic rings. The van der Waals surface area contributed by atoms with E-state index in [0.29, 0.717) is 5.02 Å². The normalized spacial score (nSPS) is 15.5. The standard InChI is InChI=1S/C21H21ClN2OS/c22-17-6-7-20-18(14-17)21(25)19(15-26-20)24-12-10-23(11-13-24)9-8-16-4-2-1-3-5-16/h1-7,14-15H,8-13H2/p+1. The average molecular weight is 386 g/mol. The molecule has 0 atom stereocenters. The molecular formula is C21H22ClN2OS+. The lowest BCUT2D eigenvalue weighted by Gasteiger charge is -2.33. The Balaban J connectivity index is 1.42. The molecule has 1 aliphatic heterocycles. The second-order valence-electron chi connectivity index (χ2n) is 6.81. The van der Waals surface area contributed by atoms with Gasteiger partial charge in [-0.15, -0.1) is 11.3 Å². The quantitative estimate of drug-likeness (QED) is 0.747. The topological polar surface area (TPSA) is 24.8 Å². The lowest BCUT2D eigenvalue weighted by molar-refractivity contribution is -0.900. The van der Waals surface area contributed by atoms with Crippen LogP contribution in [-0.2, 0) is 6.42 Å². The highest BCUT2D eigenvalue weighted by Crippen LogP contribution is 2.24. The number of nitrogens with zero attached hydrogens (tertiary/aromatic N) is 1. The Morgan fingerprint density at radius 1 is 1.08 bits per heavy atom. The zero-order valence-corrected chi connectivity index (χ0v) is 16.2. The number of anilines is 1. The SMILES string of the molecule is O=c1c(N2CC[NH+](CCc3ccccc3)CC2)csc2ccc(Cl)cc12. The predicted octanol–water partition coefficient (Wildman–Crippen LogP) is 2.86. The predicted molar refractivity (Wildman–Crippen MR) is 111 cm³/mol. The van der Waals surface area contributed by atoms with Crippen LogP contribution in [0.4, 0.5) is 5.69 Å². The van der Waals surface area contributed by atoms with Crippen LogP contribution in [0.1, 0.15) is 5.56 Å². The number of piperazine rings is 1. The Morgan fingerprint density at radius 2 is 1.85 bits per heavy atom. The summed E-state index contributed by atoms with van der Waals surface area (Å²) in [6.07, 6.45) is 1.11. The van der Waals surface area contributed by atoms with Gasteiger partial charge in [-0.05, 0) is 23.8 Å². The van der Waals surface area contributed by atoms with Crippen LogP contribution < -0.4 is 15.2 Å². The fraction of sp³-hybridized carbons (Fsp3) is 0.286. The molecule has 134 valence electrons. The Bertz CT molecular complexity index is 949. The summed E-state index contributed by atoms with van der Waals surface area (Å²) in [5.74, 6) is 0. The molecule has 1 aliphatic rings. The number of nitrogens with one attached hydrogen (secondary N) is 1. The number of halogens is 1. The first-order valence-electron chi connectivity index (χ1n) is 9.04. The van der Waals surface area contributed by atoms with Crippen LogP contribution in [0.25, 0.3) is 10.1 Å². The van der Waals surface area contributed by atoms with Crippen molar-refractivity contribution in [2.24, 2.45) is 0 Å². The van der Waals surface area contributed by atoms with E-state index in [9.17, 15) is 4.79 Å². The Labute approximate surface area is 162 Å². The highest BCUT2D eigenvalue weighted by Gasteiger charge is 2.22. The van der Waals surface area contributed by atoms with Gasteiger partial charge in [0, 0.05) is 26.9 Å². The minimum atomic E-state index is 0.106. The van der Waals surface area contributed by atoms with Gasteiger partial charge in [-0.3, -0.25) is 4.79 Å². The van der Waals surface area contributed by atoms with Gasteiger partial charge in [-0.25, -0.2) is 0 Å². The summed E-state index contributed by atoms with van der Waals surface area (Å²) in [6.45, 7) is 5.16. The van der Waals surface area contributed by atoms with Crippen LogP contribution in [-0.4, -0.2) is 32.7 Å². The zero-order chi connectivity index (χ0) is 17.9. The molecule has 1 fully saturated rings. The Kier molecular flexibility index (Phi) is 5.25. The number of quaternary nitrogens is 1. The first-order valence-corrected chi connectivity index (χ1v) is 10.3. The fourth-order valence-electron chi connectivity index (χ4n) is 3.59. The first kappa shape index (κ1) is 17.5. The molecule has 5 heteroatoms. The van der Waals surface area contributed by atoms with Crippen molar-refractivity contribution in [2.75, 3.05) is 37.6 Å². The van der Waals surface area contributed by atoms with E-state index >= 15 is 0 Å². The monoisotopic (exact) mass is 385 g/mol. The molecule has 26 heavy (non-hydrogen) atoms. The molecule has 1 N–H and O–H groups in total. The van der Waals surface area contributed by atoms with E-state index in [-0.39, 0.29) is 5.43 Å². The van der Waals surface area contributed by atoms with Crippen LogP contribution in [0.15, 0.2) is 58.7 Å². The second kappa shape index (κ2) is 7.78. The molecule has 0 amide bonds. The van der Waals surface area contributed by atoms with Crippen LogP contribution in [0, 0.1) is 0 Å². The Hall–Kier alpha value is -1.88. The van der Waals surface area contributed by atoms with E-state index < -0.39 is 0 Å². The van der Waals surface area contributed by atoms with Crippen molar-refractivity contribution >= 4 is 38.7 Å². The van der Waals surface area contributed by atoms with Crippen LogP contribution >= 0.6 is 22.9 Å². The smallest absolute Gasteiger partial charge is 0.211 e. The Morgan fingerprint density at radius 3 is 2.62 bits per heavy atom. The lowest BCUT2D eigenvalue weighted by atomic mass is 10.1. The third kappa shape index (κ3) is 3.78. The first-order chi connectivity index (χ1) is 12.7. The minimum Gasteiger partial charge on any atom is -0.356 e. The maximum atomic E-state index is 12.9. The van der Waals surface area contributed by atoms with Gasteiger partial charge in [0.25, 0.3) is 0 Å². The maximum Gasteiger partial charge on any atom is 0.211 e. The summed E-state index contributed by atoms with van der Waals surface area (Å²) in [5, 5.41) is 3.36. The number of rotatable bonds is 4. The molecule has 0 radical (unpaired) electrons. The minimum absolute atomic E-state index is 0.106. The summed E-state index contributed by atoms with van der Waals surface area (Å²) < 4.78 is 0.996. The highest BCUT2D eigenvalue weighted by molar-refractivity contribution is 7.16. The zero-order valence-electron chi connectivity index (χ0n) is 14.6. The fourth-order valence-corrected chi connectivity index (χ4v) is 4.68. The van der Waals surface area contributed by atoms with E-state index in [2.05, 4.69) is 35.2 Å². The van der Waals surface area contributed by atoms with E-state index in [1.807, 2.05) is 17.5 Å². The summed E-state index contributed by atoms with van der Waals surface area (Å²) in [6, 6.07) is 16.2. The average Bonchev–Trinajstić information content (AvgIpc) is 2.68. The molecule has 0 unspecified atom stereocenters. The number of hydrogen-bond acceptors (Lipinski definition) is 3. The van der Waals surface area contributed by atoms with E-state index in [1.165, 1.54) is 5.56 Å². The molecule has 0 saturated carbocycles. The molecule has 2 aromatic carbocycles. The van der Waals surface area contributed by atoms with Crippen molar-refractivity contribution in [2.45, 2.75) is 6.42 Å². The van der Waals surface area contributed by atoms with Crippen molar-refractivity contribution < 1.29 is 4.90 Å². The van der Waals surface area contributed by atoms with Crippen LogP contribution in [0.2, 0.25) is 5.02 Å². The van der Waals surface area contributed by atoms with Gasteiger partial charge in [-0.2, -0.15) is 0 Å². The molecule has 4 rings (SSSR count). The van der Waals surface area contributed by atoms with Gasteiger partial charge in [0.1, 0.15) is 0 Å². The van der Waals surface area contributed by atoms with Gasteiger partial charge < -0.3 is 9.80 Å². The van der Waals surface area contributed by atoms with Gasteiger partial charge in [0.05, 0.1) is 38.4 Å². The molecule has 0 spiro atoms. The summed E-state index contributed by atoms with van der Waals surface area (Å²) in [4.78, 5) is 16.7. The number of hydrogen-bond donors (Lipinski definition) is 1. The van der Waals surface area contributed by atoms with Gasteiger partial charge in [-0.1, -0.05) is 41.9 Å². The molecule has 0 aliphatic carbocycles. The lowest BCUT2D eigenvalue weighted by Crippen LogP contribution is -3.15. The van der Waals surface area contributed by atoms with Crippen molar-refractivity contribution in [1.82, 2.24) is 0 Å². The van der Waals surface area contributed by atoms with Crippen molar-refractivity contribution in [3.63, 3.8) is 0 Å². The summed E-state index contributed by atoms with van der Waals surface area (Å²) in [7, 11) is 0. The van der Waals surface area contributed by atoms with Crippen molar-refractivity contribution in [3.05, 3.63) is 74.7 Å². The maximum absolute atomic E-state index is 12.9. The van der Waals surface area contributed by atoms with E-state index in [4.69, 9.17) is 11.6 Å². The molecule has 2 heterocycles. The number of benzene rings is 2. The molecule has 0 bridgehead atoms. The third-order valence-electron chi connectivity index (χ3n) is 5.14. The van der Waals surface area contributed by atoms with Gasteiger partial charge in [0.15, 0.2) is 0 Å². The molecule has 1 saturated heterocycles. The van der Waals surface area contributed by atoms with Crippen molar-refractivity contribution in [3.8, 4) is 0 Å². The highest BCUT2D eigenvalue weighted by atomic mass is 35.5. The second-order valence-corrected chi connectivity index (χ2v) is 8.16. The molecule has 3 nitrogen and oxygen atoms in total. The number of fused-ring (bicyclic) bond motifs is 1. The third-order valence-corrected chi connectivity index (χ3v) is 6.32. The van der Waals surface area contributed by atoms with Crippen molar-refractivity contribution in [1.29, 1.82) is 0 Å². The molecule has 1 aromatic heterocycles. The summed E-state index contributed by atoms with van der Waals surface area (Å²) in [5.41, 5.74) is 2.33. The van der Waals surface area contributed by atoms with Gasteiger partial charge in [0.2, 0.25) is 5.43 Å². The largest absolute Gasteiger partial charge is 0.356 e. The summed E-state index contributed by atoms with van der Waals surface area (Å²) >= 11 is 7.70. The van der Waals surface area contributed by atoms with E-state index in [0.717, 1.165) is 54.9 Å². The van der Waals surface area contributed by atoms with Crippen LogP contribution in [0.3, 0.4) is 0 Å². The van der Waals surface area contributed by atoms with Crippen LogP contribution in [0.5, 0.6) is 0 Å². The van der Waals surface area contributed by atoms with Gasteiger partial charge >= 0.3 is 0 Å². The molecular weight excluding hydrogens is 364 g/mol.